The van der Waals surface area contributed by atoms with Crippen molar-refractivity contribution in [2.24, 2.45) is 7.05 Å². The largest absolute Gasteiger partial charge is 0.343 e. The third kappa shape index (κ3) is 1.97. The number of nitrogens with zero attached hydrogens (tertiary/aromatic N) is 4. The van der Waals surface area contributed by atoms with E-state index in [-0.39, 0.29) is 5.69 Å². The molecule has 19 heavy (non-hydrogen) atoms. The van der Waals surface area contributed by atoms with Gasteiger partial charge in [-0.25, -0.2) is 14.2 Å². The fraction of sp³-hybridized carbons (Fsp3) is 0.154. The van der Waals surface area contributed by atoms with Crippen LogP contribution in [0.1, 0.15) is 5.56 Å². The molecule has 0 bridgehead atoms. The second-order valence-corrected chi connectivity index (χ2v) is 4.37. The maximum Gasteiger partial charge on any atom is 0.343 e. The van der Waals surface area contributed by atoms with E-state index < -0.39 is 0 Å². The lowest BCUT2D eigenvalue weighted by Crippen LogP contribution is -2.13. The molecular weight excluding hydrogens is 242 g/mol. The highest BCUT2D eigenvalue weighted by Crippen LogP contribution is 2.23. The Morgan fingerprint density at radius 3 is 2.79 bits per heavy atom. The molecular formula is C13H13N5O. The van der Waals surface area contributed by atoms with Crippen LogP contribution >= 0.6 is 0 Å². The Kier molecular flexibility index (Phi) is 2.56. The molecule has 1 N–H and O–H groups in total. The van der Waals surface area contributed by atoms with E-state index in [2.05, 4.69) is 15.2 Å². The van der Waals surface area contributed by atoms with E-state index in [4.69, 9.17) is 0 Å². The Labute approximate surface area is 109 Å². The lowest BCUT2D eigenvalue weighted by atomic mass is 10.1. The molecule has 0 fully saturated rings. The van der Waals surface area contributed by atoms with E-state index in [9.17, 15) is 4.79 Å². The number of hydrogen-bond acceptors (Lipinski definition) is 3. The molecule has 2 heterocycles. The zero-order valence-corrected chi connectivity index (χ0v) is 10.7. The van der Waals surface area contributed by atoms with Crippen molar-refractivity contribution >= 4 is 0 Å². The van der Waals surface area contributed by atoms with Gasteiger partial charge in [0.15, 0.2) is 5.82 Å². The molecule has 0 spiro atoms. The first-order valence-corrected chi connectivity index (χ1v) is 5.89. The molecule has 1 aromatic carbocycles. The van der Waals surface area contributed by atoms with Crippen molar-refractivity contribution in [3.63, 3.8) is 0 Å². The summed E-state index contributed by atoms with van der Waals surface area (Å²) in [5.74, 6) is 0.540. The van der Waals surface area contributed by atoms with Crippen molar-refractivity contribution in [3.8, 4) is 17.1 Å². The van der Waals surface area contributed by atoms with Crippen LogP contribution in [0.2, 0.25) is 0 Å². The minimum absolute atomic E-state index is 0.234. The Balaban J connectivity index is 2.24. The summed E-state index contributed by atoms with van der Waals surface area (Å²) in [5, 5.41) is 8.42. The molecule has 96 valence electrons. The highest BCUT2D eigenvalue weighted by molar-refractivity contribution is 5.67. The first-order valence-electron chi connectivity index (χ1n) is 5.89. The number of aromatic amines is 1. The van der Waals surface area contributed by atoms with Gasteiger partial charge in [-0.1, -0.05) is 6.07 Å². The van der Waals surface area contributed by atoms with Gasteiger partial charge in [-0.2, -0.15) is 10.2 Å². The third-order valence-electron chi connectivity index (χ3n) is 2.93. The fourth-order valence-electron chi connectivity index (χ4n) is 1.97. The first kappa shape index (κ1) is 11.5. The van der Waals surface area contributed by atoms with Crippen molar-refractivity contribution in [2.45, 2.75) is 6.92 Å². The molecule has 3 aromatic rings. The van der Waals surface area contributed by atoms with Crippen molar-refractivity contribution < 1.29 is 0 Å². The minimum Gasteiger partial charge on any atom is -0.289 e. The van der Waals surface area contributed by atoms with Crippen LogP contribution in [0.3, 0.4) is 0 Å². The van der Waals surface area contributed by atoms with Gasteiger partial charge in [0.1, 0.15) is 0 Å². The summed E-state index contributed by atoms with van der Waals surface area (Å²) in [6.07, 6.45) is 3.58. The molecule has 0 aliphatic rings. The Bertz CT molecular complexity index is 767. The minimum atomic E-state index is -0.234. The average molecular weight is 255 g/mol. The third-order valence-corrected chi connectivity index (χ3v) is 2.93. The van der Waals surface area contributed by atoms with Gasteiger partial charge < -0.3 is 0 Å². The van der Waals surface area contributed by atoms with Crippen LogP contribution in [-0.2, 0) is 7.05 Å². The summed E-state index contributed by atoms with van der Waals surface area (Å²) in [5.41, 5.74) is 2.61. The first-order chi connectivity index (χ1) is 9.15. The Morgan fingerprint density at radius 2 is 2.16 bits per heavy atom. The SMILES string of the molecule is Cc1ccc(-c2nn(C)c(=O)[nH]2)c(-n2cccn2)c1. The second kappa shape index (κ2) is 4.24. The maximum absolute atomic E-state index is 11.5. The van der Waals surface area contributed by atoms with E-state index in [1.807, 2.05) is 37.4 Å². The van der Waals surface area contributed by atoms with Crippen LogP contribution in [0.25, 0.3) is 17.1 Å². The summed E-state index contributed by atoms with van der Waals surface area (Å²) in [7, 11) is 1.62. The predicted molar refractivity (Wildman–Crippen MR) is 71.1 cm³/mol. The number of nitrogens with one attached hydrogen (secondary N) is 1. The lowest BCUT2D eigenvalue weighted by Gasteiger charge is -2.08. The molecule has 0 atom stereocenters. The van der Waals surface area contributed by atoms with Crippen LogP contribution in [0.5, 0.6) is 0 Å². The smallest absolute Gasteiger partial charge is 0.289 e. The van der Waals surface area contributed by atoms with Crippen molar-refractivity contribution in [3.05, 3.63) is 52.7 Å². The standard InChI is InChI=1S/C13H13N5O/c1-9-4-5-10(12-15-13(19)17(2)16-12)11(8-9)18-7-3-6-14-18/h3-8H,1-2H3,(H,15,16,19). The van der Waals surface area contributed by atoms with Gasteiger partial charge in [-0.3, -0.25) is 4.98 Å². The topological polar surface area (TPSA) is 68.5 Å². The van der Waals surface area contributed by atoms with Crippen LogP contribution in [-0.4, -0.2) is 24.5 Å². The van der Waals surface area contributed by atoms with Gasteiger partial charge in [-0.15, -0.1) is 0 Å². The van der Waals surface area contributed by atoms with Crippen LogP contribution < -0.4 is 5.69 Å². The molecule has 0 radical (unpaired) electrons. The van der Waals surface area contributed by atoms with Gasteiger partial charge in [0.2, 0.25) is 0 Å². The molecule has 0 amide bonds. The summed E-state index contributed by atoms with van der Waals surface area (Å²) < 4.78 is 3.04. The second-order valence-electron chi connectivity index (χ2n) is 4.37. The Hall–Kier alpha value is -2.63. The van der Waals surface area contributed by atoms with Crippen LogP contribution in [0.15, 0.2) is 41.5 Å². The van der Waals surface area contributed by atoms with Gasteiger partial charge in [-0.05, 0) is 30.7 Å². The summed E-state index contributed by atoms with van der Waals surface area (Å²) in [6.45, 7) is 2.01. The van der Waals surface area contributed by atoms with E-state index in [0.717, 1.165) is 16.8 Å². The quantitative estimate of drug-likeness (QED) is 0.749. The zero-order chi connectivity index (χ0) is 13.4. The van der Waals surface area contributed by atoms with Gasteiger partial charge >= 0.3 is 5.69 Å². The molecule has 0 saturated heterocycles. The predicted octanol–water partition coefficient (Wildman–Crippen LogP) is 1.27. The van der Waals surface area contributed by atoms with E-state index in [0.29, 0.717) is 5.82 Å². The number of aromatic nitrogens is 5. The number of hydrogen-bond donors (Lipinski definition) is 1. The normalized spacial score (nSPS) is 10.8. The number of aryl methyl sites for hydroxylation is 2. The van der Waals surface area contributed by atoms with E-state index >= 15 is 0 Å². The monoisotopic (exact) mass is 255 g/mol. The van der Waals surface area contributed by atoms with Gasteiger partial charge in [0.05, 0.1) is 5.69 Å². The number of H-pyrrole nitrogens is 1. The van der Waals surface area contributed by atoms with Gasteiger partial charge in [0, 0.05) is 25.0 Å². The summed E-state index contributed by atoms with van der Waals surface area (Å²) in [4.78, 5) is 14.2. The number of rotatable bonds is 2. The van der Waals surface area contributed by atoms with Crippen molar-refractivity contribution in [1.82, 2.24) is 24.5 Å². The maximum atomic E-state index is 11.5. The van der Waals surface area contributed by atoms with E-state index in [1.54, 1.807) is 17.9 Å². The molecule has 3 rings (SSSR count). The molecule has 6 nitrogen and oxygen atoms in total. The average Bonchev–Trinajstić information content (AvgIpc) is 3.00. The lowest BCUT2D eigenvalue weighted by molar-refractivity contribution is 0.735. The van der Waals surface area contributed by atoms with E-state index in [1.165, 1.54) is 4.68 Å². The molecule has 0 aliphatic carbocycles. The highest BCUT2D eigenvalue weighted by atomic mass is 16.1. The molecule has 6 heteroatoms. The summed E-state index contributed by atoms with van der Waals surface area (Å²) in [6, 6.07) is 7.78. The molecule has 0 unspecified atom stereocenters. The zero-order valence-electron chi connectivity index (χ0n) is 10.7. The van der Waals surface area contributed by atoms with Crippen molar-refractivity contribution in [2.75, 3.05) is 0 Å². The van der Waals surface area contributed by atoms with Crippen LogP contribution in [0.4, 0.5) is 0 Å². The highest BCUT2D eigenvalue weighted by Gasteiger charge is 2.12. The molecule has 2 aromatic heterocycles. The molecule has 0 saturated carbocycles. The van der Waals surface area contributed by atoms with Crippen molar-refractivity contribution in [1.29, 1.82) is 0 Å². The van der Waals surface area contributed by atoms with Crippen LogP contribution in [0, 0.1) is 6.92 Å². The molecule has 0 aliphatic heterocycles. The Morgan fingerprint density at radius 1 is 1.32 bits per heavy atom. The summed E-state index contributed by atoms with van der Waals surface area (Å²) >= 11 is 0. The fourth-order valence-corrected chi connectivity index (χ4v) is 1.97. The van der Waals surface area contributed by atoms with Gasteiger partial charge in [0.25, 0.3) is 0 Å². The number of benzene rings is 1.